The van der Waals surface area contributed by atoms with Crippen LogP contribution in [0.4, 0.5) is 0 Å². The first kappa shape index (κ1) is 22.0. The Labute approximate surface area is 184 Å². The van der Waals surface area contributed by atoms with Gasteiger partial charge < -0.3 is 9.30 Å². The van der Waals surface area contributed by atoms with Crippen molar-refractivity contribution >= 4 is 29.3 Å². The Morgan fingerprint density at radius 3 is 2.47 bits per heavy atom. The van der Waals surface area contributed by atoms with Crippen LogP contribution in [-0.4, -0.2) is 43.4 Å². The smallest absolute Gasteiger partial charge is 0.191 e. The Kier molecular flexibility index (Phi) is 7.64. The van der Waals surface area contributed by atoms with Crippen LogP contribution in [0, 0.1) is 13.8 Å². The van der Waals surface area contributed by atoms with Crippen LogP contribution in [0.5, 0.6) is 5.75 Å². The fraction of sp³-hybridized carbons (Fsp3) is 0.286. The monoisotopic (exact) mass is 441 g/mol. The molecule has 9 heteroatoms. The number of benzene rings is 1. The van der Waals surface area contributed by atoms with Crippen LogP contribution in [-0.2, 0) is 12.3 Å². The number of allylic oxidation sites excluding steroid dienone is 1. The number of carbonyl (C=O) groups is 1. The van der Waals surface area contributed by atoms with Crippen molar-refractivity contribution < 1.29 is 9.53 Å². The normalized spacial score (nSPS) is 10.8. The Balaban J connectivity index is 1.67. The summed E-state index contributed by atoms with van der Waals surface area (Å²) in [6.07, 6.45) is 1.79. The van der Waals surface area contributed by atoms with Crippen molar-refractivity contribution in [2.45, 2.75) is 36.5 Å². The maximum Gasteiger partial charge on any atom is 0.191 e. The van der Waals surface area contributed by atoms with Crippen LogP contribution in [0.1, 0.15) is 27.6 Å². The van der Waals surface area contributed by atoms with Gasteiger partial charge in [0.05, 0.1) is 18.6 Å². The van der Waals surface area contributed by atoms with E-state index in [0.717, 1.165) is 23.0 Å². The maximum absolute atomic E-state index is 12.5. The van der Waals surface area contributed by atoms with E-state index in [2.05, 4.69) is 26.7 Å². The second-order valence-electron chi connectivity index (χ2n) is 6.46. The number of hydrogen-bond donors (Lipinski definition) is 0. The number of Topliss-reactive ketones (excluding diaryl/α,β-unsaturated/α-hetero) is 1. The third kappa shape index (κ3) is 5.70. The molecule has 3 aromatic rings. The molecular formula is C21H23N5O2S2. The number of thioether (sulfide) groups is 2. The number of ketones is 1. The summed E-state index contributed by atoms with van der Waals surface area (Å²) in [6.45, 7) is 8.29. The van der Waals surface area contributed by atoms with Crippen LogP contribution in [0.25, 0.3) is 0 Å². The second kappa shape index (κ2) is 10.4. The molecule has 0 unspecified atom stereocenters. The summed E-state index contributed by atoms with van der Waals surface area (Å²) in [6, 6.07) is 9.04. The minimum atomic E-state index is 0.0235. The summed E-state index contributed by atoms with van der Waals surface area (Å²) < 4.78 is 7.10. The molecule has 1 aromatic carbocycles. The number of aryl methyl sites for hydroxylation is 2. The highest BCUT2D eigenvalue weighted by atomic mass is 32.2. The molecule has 0 spiro atoms. The molecule has 0 saturated carbocycles. The van der Waals surface area contributed by atoms with Crippen LogP contribution >= 0.6 is 23.5 Å². The Morgan fingerprint density at radius 1 is 1.13 bits per heavy atom. The van der Waals surface area contributed by atoms with Crippen LogP contribution in [0.3, 0.4) is 0 Å². The van der Waals surface area contributed by atoms with Crippen LogP contribution in [0.2, 0.25) is 0 Å². The molecule has 0 fully saturated rings. The molecule has 2 aromatic heterocycles. The largest absolute Gasteiger partial charge is 0.497 e. The number of methoxy groups -OCH3 is 1. The maximum atomic E-state index is 12.5. The van der Waals surface area contributed by atoms with Gasteiger partial charge >= 0.3 is 0 Å². The minimum Gasteiger partial charge on any atom is -0.497 e. The lowest BCUT2D eigenvalue weighted by atomic mass is 10.1. The first-order chi connectivity index (χ1) is 14.5. The average molecular weight is 442 g/mol. The molecule has 30 heavy (non-hydrogen) atoms. The molecule has 156 valence electrons. The van der Waals surface area contributed by atoms with Crippen molar-refractivity contribution in [3.63, 3.8) is 0 Å². The topological polar surface area (TPSA) is 82.8 Å². The van der Waals surface area contributed by atoms with Crippen molar-refractivity contribution in [1.82, 2.24) is 24.7 Å². The van der Waals surface area contributed by atoms with E-state index in [1.807, 2.05) is 24.5 Å². The lowest BCUT2D eigenvalue weighted by Crippen LogP contribution is -2.06. The molecule has 0 aliphatic carbocycles. The molecule has 7 nitrogen and oxygen atoms in total. The molecule has 0 atom stereocenters. The first-order valence-corrected chi connectivity index (χ1v) is 11.3. The third-order valence-corrected chi connectivity index (χ3v) is 5.95. The van der Waals surface area contributed by atoms with Crippen molar-refractivity contribution in [3.05, 3.63) is 65.8 Å². The standard InChI is InChI=1S/C21H23N5O2S2/c1-5-10-26-19(13-29-20-22-14(2)11-15(3)23-20)24-25-21(26)30-12-18(27)16-6-8-17(28-4)9-7-16/h5-9,11H,1,10,12-13H2,2-4H3. The van der Waals surface area contributed by atoms with Crippen molar-refractivity contribution in [2.24, 2.45) is 0 Å². The van der Waals surface area contributed by atoms with Gasteiger partial charge in [-0.05, 0) is 44.2 Å². The highest BCUT2D eigenvalue weighted by Gasteiger charge is 2.15. The number of hydrogen-bond acceptors (Lipinski definition) is 8. The van der Waals surface area contributed by atoms with Gasteiger partial charge in [0, 0.05) is 23.5 Å². The van der Waals surface area contributed by atoms with Gasteiger partial charge in [0.25, 0.3) is 0 Å². The Bertz CT molecular complexity index is 1010. The zero-order valence-corrected chi connectivity index (χ0v) is 18.8. The number of nitrogens with zero attached hydrogens (tertiary/aromatic N) is 5. The zero-order valence-electron chi connectivity index (χ0n) is 17.2. The fourth-order valence-corrected chi connectivity index (χ4v) is 4.47. The van der Waals surface area contributed by atoms with Gasteiger partial charge in [0.1, 0.15) is 11.6 Å². The summed E-state index contributed by atoms with van der Waals surface area (Å²) in [5.41, 5.74) is 2.51. The lowest BCUT2D eigenvalue weighted by Gasteiger charge is -2.08. The van der Waals surface area contributed by atoms with Gasteiger partial charge in [-0.2, -0.15) is 0 Å². The third-order valence-electron chi connectivity index (χ3n) is 4.14. The molecule has 2 heterocycles. The fourth-order valence-electron chi connectivity index (χ4n) is 2.72. The first-order valence-electron chi connectivity index (χ1n) is 9.28. The molecule has 0 aliphatic rings. The quantitative estimate of drug-likeness (QED) is 0.201. The summed E-state index contributed by atoms with van der Waals surface area (Å²) in [4.78, 5) is 21.4. The number of carbonyl (C=O) groups excluding carboxylic acids is 1. The van der Waals surface area contributed by atoms with Crippen molar-refractivity contribution in [3.8, 4) is 5.75 Å². The van der Waals surface area contributed by atoms with E-state index >= 15 is 0 Å². The second-order valence-corrected chi connectivity index (χ2v) is 8.35. The number of rotatable bonds is 10. The minimum absolute atomic E-state index is 0.0235. The summed E-state index contributed by atoms with van der Waals surface area (Å²) in [5.74, 6) is 2.39. The van der Waals surface area contributed by atoms with E-state index in [1.165, 1.54) is 23.5 Å². The SMILES string of the molecule is C=CCn1c(CSc2nc(C)cc(C)n2)nnc1SCC(=O)c1ccc(OC)cc1. The Morgan fingerprint density at radius 2 is 1.83 bits per heavy atom. The predicted octanol–water partition coefficient (Wildman–Crippen LogP) is 4.15. The van der Waals surface area contributed by atoms with E-state index in [4.69, 9.17) is 4.74 Å². The predicted molar refractivity (Wildman–Crippen MR) is 119 cm³/mol. The molecule has 0 radical (unpaired) electrons. The van der Waals surface area contributed by atoms with Gasteiger partial charge in [0.2, 0.25) is 0 Å². The Hall–Kier alpha value is -2.65. The van der Waals surface area contributed by atoms with E-state index in [0.29, 0.717) is 28.2 Å². The van der Waals surface area contributed by atoms with Gasteiger partial charge in [-0.15, -0.1) is 16.8 Å². The molecule has 3 rings (SSSR count). The average Bonchev–Trinajstić information content (AvgIpc) is 3.12. The van der Waals surface area contributed by atoms with Crippen LogP contribution < -0.4 is 4.74 Å². The number of aromatic nitrogens is 5. The van der Waals surface area contributed by atoms with Crippen LogP contribution in [0.15, 0.2) is 53.3 Å². The molecular weight excluding hydrogens is 418 g/mol. The van der Waals surface area contributed by atoms with Gasteiger partial charge in [-0.25, -0.2) is 9.97 Å². The summed E-state index contributed by atoms with van der Waals surface area (Å²) in [5, 5.41) is 9.99. The van der Waals surface area contributed by atoms with Gasteiger partial charge in [0.15, 0.2) is 16.1 Å². The van der Waals surface area contributed by atoms with Crippen molar-refractivity contribution in [1.29, 1.82) is 0 Å². The zero-order chi connectivity index (χ0) is 21.5. The highest BCUT2D eigenvalue weighted by Crippen LogP contribution is 2.24. The van der Waals surface area contributed by atoms with Crippen molar-refractivity contribution in [2.75, 3.05) is 12.9 Å². The molecule has 0 bridgehead atoms. The molecule has 0 N–H and O–H groups in total. The van der Waals surface area contributed by atoms with E-state index in [1.54, 1.807) is 37.5 Å². The molecule has 0 saturated heterocycles. The summed E-state index contributed by atoms with van der Waals surface area (Å²) >= 11 is 2.88. The molecule has 0 amide bonds. The van der Waals surface area contributed by atoms with E-state index in [9.17, 15) is 4.79 Å². The summed E-state index contributed by atoms with van der Waals surface area (Å²) in [7, 11) is 1.60. The van der Waals surface area contributed by atoms with Gasteiger partial charge in [-0.3, -0.25) is 4.79 Å². The molecule has 0 aliphatic heterocycles. The van der Waals surface area contributed by atoms with E-state index in [-0.39, 0.29) is 11.5 Å². The lowest BCUT2D eigenvalue weighted by molar-refractivity contribution is 0.102. The van der Waals surface area contributed by atoms with Gasteiger partial charge in [-0.1, -0.05) is 29.6 Å². The van der Waals surface area contributed by atoms with E-state index < -0.39 is 0 Å². The highest BCUT2D eigenvalue weighted by molar-refractivity contribution is 7.99. The number of ether oxygens (including phenoxy) is 1.